The minimum atomic E-state index is -0.504. The monoisotopic (exact) mass is 540 g/mol. The number of aldehydes is 1. The zero-order valence-corrected chi connectivity index (χ0v) is 26.0. The molecule has 0 radical (unpaired) electrons. The molecule has 0 saturated carbocycles. The van der Waals surface area contributed by atoms with Crippen molar-refractivity contribution >= 4 is 12.4 Å². The lowest BCUT2D eigenvalue weighted by molar-refractivity contribution is -0.107. The first-order valence-corrected chi connectivity index (χ1v) is 16.2. The van der Waals surface area contributed by atoms with E-state index in [1.165, 1.54) is 57.8 Å². The second-order valence-electron chi connectivity index (χ2n) is 11.1. The van der Waals surface area contributed by atoms with E-state index in [4.69, 9.17) is 9.47 Å². The Bertz CT molecular complexity index is 526. The van der Waals surface area contributed by atoms with Gasteiger partial charge in [-0.15, -0.1) is 0 Å². The molecule has 0 aromatic carbocycles. The SMILES string of the molecule is CCCCCCCCCCC(CCCCCCCCC=O)OC(=O)OCCN(CCN(CC)CC)C(C)C. The lowest BCUT2D eigenvalue weighted by Gasteiger charge is -2.29. The predicted molar refractivity (Wildman–Crippen MR) is 161 cm³/mol. The Kier molecular flexibility index (Phi) is 26.6. The maximum absolute atomic E-state index is 12.5. The quantitative estimate of drug-likeness (QED) is 0.0564. The van der Waals surface area contributed by atoms with Crippen LogP contribution in [0.1, 0.15) is 144 Å². The van der Waals surface area contributed by atoms with Gasteiger partial charge in [0.05, 0.1) is 0 Å². The van der Waals surface area contributed by atoms with E-state index in [1.807, 2.05) is 0 Å². The topological polar surface area (TPSA) is 59.1 Å². The highest BCUT2D eigenvalue weighted by Crippen LogP contribution is 2.18. The van der Waals surface area contributed by atoms with E-state index in [0.717, 1.165) is 84.0 Å². The van der Waals surface area contributed by atoms with Gasteiger partial charge >= 0.3 is 6.16 Å². The number of rotatable bonds is 28. The zero-order valence-electron chi connectivity index (χ0n) is 26.0. The Hall–Kier alpha value is -1.14. The number of carbonyl (C=O) groups excluding carboxylic acids is 2. The Morgan fingerprint density at radius 2 is 1.24 bits per heavy atom. The van der Waals surface area contributed by atoms with Gasteiger partial charge in [0.25, 0.3) is 0 Å². The van der Waals surface area contributed by atoms with Crippen LogP contribution in [0.4, 0.5) is 4.79 Å². The molecule has 1 unspecified atom stereocenters. The molecule has 1 atom stereocenters. The molecular formula is C32H64N2O4. The van der Waals surface area contributed by atoms with Crippen LogP contribution < -0.4 is 0 Å². The van der Waals surface area contributed by atoms with Crippen molar-refractivity contribution in [1.82, 2.24) is 9.80 Å². The first kappa shape index (κ1) is 36.9. The number of likely N-dealkylation sites (N-methyl/N-ethyl adjacent to an activating group) is 1. The average molecular weight is 541 g/mol. The molecule has 226 valence electrons. The van der Waals surface area contributed by atoms with Crippen LogP contribution >= 0.6 is 0 Å². The molecule has 0 rings (SSSR count). The maximum Gasteiger partial charge on any atom is 0.508 e. The normalized spacial score (nSPS) is 12.4. The summed E-state index contributed by atoms with van der Waals surface area (Å²) in [6.45, 7) is 16.3. The number of carbonyl (C=O) groups is 2. The maximum atomic E-state index is 12.5. The van der Waals surface area contributed by atoms with Gasteiger partial charge in [0.1, 0.15) is 19.0 Å². The van der Waals surface area contributed by atoms with Crippen molar-refractivity contribution in [2.24, 2.45) is 0 Å². The van der Waals surface area contributed by atoms with Gasteiger partial charge in [0.2, 0.25) is 0 Å². The smallest absolute Gasteiger partial charge is 0.433 e. The summed E-state index contributed by atoms with van der Waals surface area (Å²) in [5.41, 5.74) is 0. The molecule has 0 bridgehead atoms. The second-order valence-corrected chi connectivity index (χ2v) is 11.1. The molecule has 0 N–H and O–H groups in total. The molecule has 6 heteroatoms. The molecule has 0 amide bonds. The van der Waals surface area contributed by atoms with Gasteiger partial charge in [0.15, 0.2) is 0 Å². The molecule has 0 aliphatic heterocycles. The molecular weight excluding hydrogens is 476 g/mol. The van der Waals surface area contributed by atoms with Gasteiger partial charge in [-0.2, -0.15) is 0 Å². The molecule has 6 nitrogen and oxygen atoms in total. The van der Waals surface area contributed by atoms with Crippen molar-refractivity contribution in [3.8, 4) is 0 Å². The minimum absolute atomic E-state index is 0.0403. The third-order valence-electron chi connectivity index (χ3n) is 7.67. The summed E-state index contributed by atoms with van der Waals surface area (Å²) in [6.07, 6.45) is 20.0. The van der Waals surface area contributed by atoms with Crippen molar-refractivity contribution in [2.45, 2.75) is 156 Å². The number of hydrogen-bond acceptors (Lipinski definition) is 6. The Labute approximate surface area is 236 Å². The van der Waals surface area contributed by atoms with Crippen molar-refractivity contribution in [1.29, 1.82) is 0 Å². The van der Waals surface area contributed by atoms with Gasteiger partial charge in [-0.3, -0.25) is 4.90 Å². The summed E-state index contributed by atoms with van der Waals surface area (Å²) in [4.78, 5) is 27.8. The van der Waals surface area contributed by atoms with E-state index in [-0.39, 0.29) is 6.10 Å². The van der Waals surface area contributed by atoms with Crippen molar-refractivity contribution < 1.29 is 19.1 Å². The van der Waals surface area contributed by atoms with E-state index in [2.05, 4.69) is 44.4 Å². The first-order valence-electron chi connectivity index (χ1n) is 16.2. The molecule has 38 heavy (non-hydrogen) atoms. The number of ether oxygens (including phenoxy) is 2. The molecule has 0 aromatic rings. The highest BCUT2D eigenvalue weighted by atomic mass is 16.7. The lowest BCUT2D eigenvalue weighted by atomic mass is 10.0. The van der Waals surface area contributed by atoms with Gasteiger partial charge in [-0.25, -0.2) is 4.79 Å². The molecule has 0 fully saturated rings. The van der Waals surface area contributed by atoms with Crippen molar-refractivity contribution in [3.05, 3.63) is 0 Å². The van der Waals surface area contributed by atoms with E-state index < -0.39 is 6.16 Å². The van der Waals surface area contributed by atoms with Crippen molar-refractivity contribution in [3.63, 3.8) is 0 Å². The van der Waals surface area contributed by atoms with Gasteiger partial charge in [-0.1, -0.05) is 91.4 Å². The average Bonchev–Trinajstić information content (AvgIpc) is 2.90. The fourth-order valence-electron chi connectivity index (χ4n) is 4.93. The van der Waals surface area contributed by atoms with E-state index >= 15 is 0 Å². The lowest BCUT2D eigenvalue weighted by Crippen LogP contribution is -2.40. The minimum Gasteiger partial charge on any atom is -0.433 e. The molecule has 0 spiro atoms. The van der Waals surface area contributed by atoms with Crippen LogP contribution in [0.2, 0.25) is 0 Å². The Balaban J connectivity index is 4.42. The second kappa shape index (κ2) is 27.4. The van der Waals surface area contributed by atoms with E-state index in [1.54, 1.807) is 0 Å². The van der Waals surface area contributed by atoms with Gasteiger partial charge < -0.3 is 19.2 Å². The van der Waals surface area contributed by atoms with Crippen LogP contribution in [0, 0.1) is 0 Å². The Morgan fingerprint density at radius 3 is 1.74 bits per heavy atom. The van der Waals surface area contributed by atoms with Crippen molar-refractivity contribution in [2.75, 3.05) is 39.3 Å². The molecule has 0 saturated heterocycles. The highest BCUT2D eigenvalue weighted by Gasteiger charge is 2.17. The fraction of sp³-hybridized carbons (Fsp3) is 0.938. The molecule has 0 aliphatic carbocycles. The summed E-state index contributed by atoms with van der Waals surface area (Å²) in [5, 5.41) is 0. The third kappa shape index (κ3) is 22.8. The van der Waals surface area contributed by atoms with Crippen LogP contribution in [0.25, 0.3) is 0 Å². The summed E-state index contributed by atoms with van der Waals surface area (Å²) >= 11 is 0. The molecule has 0 aliphatic rings. The largest absolute Gasteiger partial charge is 0.508 e. The predicted octanol–water partition coefficient (Wildman–Crippen LogP) is 8.41. The Morgan fingerprint density at radius 1 is 0.711 bits per heavy atom. The summed E-state index contributed by atoms with van der Waals surface area (Å²) in [6, 6.07) is 0.415. The highest BCUT2D eigenvalue weighted by molar-refractivity contribution is 5.60. The fourth-order valence-corrected chi connectivity index (χ4v) is 4.93. The summed E-state index contributed by atoms with van der Waals surface area (Å²) in [5.74, 6) is 0. The molecule has 0 aromatic heterocycles. The van der Waals surface area contributed by atoms with Crippen LogP contribution in [0.5, 0.6) is 0 Å². The third-order valence-corrected chi connectivity index (χ3v) is 7.67. The standard InChI is InChI=1S/C32H64N2O4/c1-6-9-10-11-12-14-17-20-23-31(24-21-18-15-13-16-19-22-28-35)38-32(36)37-29-27-34(30(4)5)26-25-33(7-2)8-3/h28,30-31H,6-27,29H2,1-5H3. The first-order chi connectivity index (χ1) is 18.5. The van der Waals surface area contributed by atoms with Crippen LogP contribution in [0.15, 0.2) is 0 Å². The number of hydrogen-bond donors (Lipinski definition) is 0. The summed E-state index contributed by atoms with van der Waals surface area (Å²) < 4.78 is 11.4. The van der Waals surface area contributed by atoms with Gasteiger partial charge in [-0.05, 0) is 59.0 Å². The van der Waals surface area contributed by atoms with Crippen LogP contribution in [-0.4, -0.2) is 73.7 Å². The van der Waals surface area contributed by atoms with Gasteiger partial charge in [0, 0.05) is 32.1 Å². The number of unbranched alkanes of at least 4 members (excludes halogenated alkanes) is 13. The van der Waals surface area contributed by atoms with E-state index in [0.29, 0.717) is 19.1 Å². The van der Waals surface area contributed by atoms with E-state index in [9.17, 15) is 9.59 Å². The number of nitrogens with zero attached hydrogens (tertiary/aromatic N) is 2. The van der Waals surface area contributed by atoms with Crippen LogP contribution in [0.3, 0.4) is 0 Å². The van der Waals surface area contributed by atoms with Crippen LogP contribution in [-0.2, 0) is 14.3 Å². The zero-order chi connectivity index (χ0) is 28.3. The summed E-state index contributed by atoms with van der Waals surface area (Å²) in [7, 11) is 0. The molecule has 0 heterocycles.